The van der Waals surface area contributed by atoms with Gasteiger partial charge < -0.3 is 15.0 Å². The first kappa shape index (κ1) is 14.7. The molecule has 1 heterocycles. The minimum atomic E-state index is -0.524. The average molecular weight is 317 g/mol. The lowest BCUT2D eigenvalue weighted by atomic mass is 10.1. The lowest BCUT2D eigenvalue weighted by Crippen LogP contribution is -2.32. The van der Waals surface area contributed by atoms with Crippen LogP contribution in [-0.2, 0) is 11.2 Å². The highest BCUT2D eigenvalue weighted by Crippen LogP contribution is 2.32. The third-order valence-corrected chi connectivity index (χ3v) is 3.87. The van der Waals surface area contributed by atoms with Crippen LogP contribution in [0, 0.1) is 0 Å². The number of hydrogen-bond acceptors (Lipinski definition) is 3. The monoisotopic (exact) mass is 316 g/mol. The second-order valence-corrected chi connectivity index (χ2v) is 5.90. The maximum Gasteiger partial charge on any atom is 0.265 e. The molecule has 0 bridgehead atoms. The van der Waals surface area contributed by atoms with Gasteiger partial charge in [0.2, 0.25) is 0 Å². The maximum atomic E-state index is 12.5. The summed E-state index contributed by atoms with van der Waals surface area (Å²) < 4.78 is 5.71. The third kappa shape index (κ3) is 2.88. The summed E-state index contributed by atoms with van der Waals surface area (Å²) in [6, 6.07) is 13.1. The summed E-state index contributed by atoms with van der Waals surface area (Å²) in [5.74, 6) is 0.576. The first-order chi connectivity index (χ1) is 10.5. The average Bonchev–Trinajstić information content (AvgIpc) is 2.90. The molecule has 0 aromatic heterocycles. The van der Waals surface area contributed by atoms with Crippen LogP contribution < -0.4 is 15.0 Å². The number of hydrogen-bond donors (Lipinski definition) is 1. The highest BCUT2D eigenvalue weighted by Gasteiger charge is 2.29. The molecule has 3 rings (SSSR count). The molecule has 0 aliphatic carbocycles. The Balaban J connectivity index is 1.75. The van der Waals surface area contributed by atoms with Crippen molar-refractivity contribution >= 4 is 28.9 Å². The van der Waals surface area contributed by atoms with Crippen molar-refractivity contribution in [1.29, 1.82) is 0 Å². The summed E-state index contributed by atoms with van der Waals surface area (Å²) in [6.07, 6.45) is 0.00922. The molecule has 0 fully saturated rings. The number of carbonyl (C=O) groups is 1. The van der Waals surface area contributed by atoms with E-state index in [1.54, 1.807) is 12.1 Å². The minimum absolute atomic E-state index is 0.151. The molecule has 2 aromatic carbocycles. The minimum Gasteiger partial charge on any atom is -0.480 e. The molecule has 1 aliphatic heterocycles. The topological polar surface area (TPSA) is 41.6 Å². The summed E-state index contributed by atoms with van der Waals surface area (Å²) in [6.45, 7) is 0. The second kappa shape index (κ2) is 5.89. The summed E-state index contributed by atoms with van der Waals surface area (Å²) in [4.78, 5) is 14.4. The van der Waals surface area contributed by atoms with E-state index in [-0.39, 0.29) is 5.91 Å². The van der Waals surface area contributed by atoms with E-state index in [0.717, 1.165) is 22.7 Å². The smallest absolute Gasteiger partial charge is 0.265 e. The van der Waals surface area contributed by atoms with Gasteiger partial charge in [0.15, 0.2) is 6.10 Å². The number of amides is 1. The Morgan fingerprint density at radius 1 is 1.27 bits per heavy atom. The summed E-state index contributed by atoms with van der Waals surface area (Å²) >= 11 is 5.97. The lowest BCUT2D eigenvalue weighted by Gasteiger charge is -2.19. The van der Waals surface area contributed by atoms with Gasteiger partial charge in [0.25, 0.3) is 5.91 Å². The van der Waals surface area contributed by atoms with Crippen molar-refractivity contribution < 1.29 is 9.53 Å². The quantitative estimate of drug-likeness (QED) is 0.944. The number of nitrogens with one attached hydrogen (secondary N) is 1. The van der Waals surface area contributed by atoms with E-state index in [0.29, 0.717) is 11.4 Å². The fourth-order valence-corrected chi connectivity index (χ4v) is 2.74. The lowest BCUT2D eigenvalue weighted by molar-refractivity contribution is -0.122. The molecule has 1 amide bonds. The molecule has 0 spiro atoms. The van der Waals surface area contributed by atoms with Gasteiger partial charge >= 0.3 is 0 Å². The van der Waals surface area contributed by atoms with Crippen molar-refractivity contribution in [3.05, 3.63) is 53.1 Å². The predicted molar refractivity (Wildman–Crippen MR) is 89.0 cm³/mol. The van der Waals surface area contributed by atoms with Gasteiger partial charge in [-0.15, -0.1) is 0 Å². The summed E-state index contributed by atoms with van der Waals surface area (Å²) in [5.41, 5.74) is 2.69. The largest absolute Gasteiger partial charge is 0.480 e. The molecule has 0 saturated carbocycles. The van der Waals surface area contributed by atoms with Crippen LogP contribution in [0.25, 0.3) is 0 Å². The summed E-state index contributed by atoms with van der Waals surface area (Å²) in [5, 5.41) is 3.60. The molecule has 22 heavy (non-hydrogen) atoms. The van der Waals surface area contributed by atoms with Crippen molar-refractivity contribution in [3.63, 3.8) is 0 Å². The molecule has 114 valence electrons. The fourth-order valence-electron chi connectivity index (χ4n) is 2.55. The van der Waals surface area contributed by atoms with Crippen molar-refractivity contribution in [1.82, 2.24) is 0 Å². The van der Waals surface area contributed by atoms with Gasteiger partial charge in [-0.25, -0.2) is 0 Å². The maximum absolute atomic E-state index is 12.5. The van der Waals surface area contributed by atoms with Gasteiger partial charge in [-0.3, -0.25) is 4.79 Å². The SMILES string of the molecule is CN(C)c1ccccc1NC(=O)C1Cc2cc(Cl)ccc2O1. The molecule has 1 aliphatic rings. The molecule has 2 aromatic rings. The third-order valence-electron chi connectivity index (χ3n) is 3.63. The Labute approximate surface area is 134 Å². The zero-order valence-electron chi connectivity index (χ0n) is 12.5. The standard InChI is InChI=1S/C17H17ClN2O2/c1-20(2)14-6-4-3-5-13(14)19-17(21)16-10-11-9-12(18)7-8-15(11)22-16/h3-9,16H,10H2,1-2H3,(H,19,21). The van der Waals surface area contributed by atoms with Gasteiger partial charge in [-0.1, -0.05) is 23.7 Å². The number of fused-ring (bicyclic) bond motifs is 1. The Morgan fingerprint density at radius 2 is 2.05 bits per heavy atom. The van der Waals surface area contributed by atoms with Crippen molar-refractivity contribution in [2.75, 3.05) is 24.3 Å². The first-order valence-corrected chi connectivity index (χ1v) is 7.44. The molecule has 0 radical (unpaired) electrons. The van der Waals surface area contributed by atoms with E-state index in [1.807, 2.05) is 49.3 Å². The van der Waals surface area contributed by atoms with Crippen LogP contribution in [0.4, 0.5) is 11.4 Å². The molecule has 0 saturated heterocycles. The number of para-hydroxylation sites is 2. The molecular weight excluding hydrogens is 300 g/mol. The number of nitrogens with zero attached hydrogens (tertiary/aromatic N) is 1. The van der Waals surface area contributed by atoms with E-state index in [2.05, 4.69) is 5.32 Å². The number of anilines is 2. The van der Waals surface area contributed by atoms with Gasteiger partial charge in [0, 0.05) is 25.5 Å². The van der Waals surface area contributed by atoms with Crippen LogP contribution in [0.3, 0.4) is 0 Å². The van der Waals surface area contributed by atoms with Crippen molar-refractivity contribution in [3.8, 4) is 5.75 Å². The van der Waals surface area contributed by atoms with Crippen LogP contribution in [0.5, 0.6) is 5.75 Å². The second-order valence-electron chi connectivity index (χ2n) is 5.46. The zero-order chi connectivity index (χ0) is 15.7. The highest BCUT2D eigenvalue weighted by molar-refractivity contribution is 6.30. The van der Waals surface area contributed by atoms with E-state index >= 15 is 0 Å². The normalized spacial score (nSPS) is 15.9. The van der Waals surface area contributed by atoms with Crippen molar-refractivity contribution in [2.45, 2.75) is 12.5 Å². The highest BCUT2D eigenvalue weighted by atomic mass is 35.5. The molecular formula is C17H17ClN2O2. The van der Waals surface area contributed by atoms with E-state index in [9.17, 15) is 4.79 Å². The van der Waals surface area contributed by atoms with Gasteiger partial charge in [0.05, 0.1) is 11.4 Å². The zero-order valence-corrected chi connectivity index (χ0v) is 13.2. The van der Waals surface area contributed by atoms with Crippen LogP contribution in [0.1, 0.15) is 5.56 Å². The van der Waals surface area contributed by atoms with Crippen LogP contribution >= 0.6 is 11.6 Å². The Hall–Kier alpha value is -2.20. The number of rotatable bonds is 3. The van der Waals surface area contributed by atoms with Gasteiger partial charge in [-0.2, -0.15) is 0 Å². The Morgan fingerprint density at radius 3 is 2.82 bits per heavy atom. The number of benzene rings is 2. The first-order valence-electron chi connectivity index (χ1n) is 7.07. The molecule has 1 N–H and O–H groups in total. The number of ether oxygens (including phenoxy) is 1. The fraction of sp³-hybridized carbons (Fsp3) is 0.235. The van der Waals surface area contributed by atoms with Gasteiger partial charge in [-0.05, 0) is 35.9 Å². The Bertz CT molecular complexity index is 716. The van der Waals surface area contributed by atoms with Gasteiger partial charge in [0.1, 0.15) is 5.75 Å². The van der Waals surface area contributed by atoms with Crippen LogP contribution in [-0.4, -0.2) is 26.1 Å². The van der Waals surface area contributed by atoms with Crippen LogP contribution in [0.15, 0.2) is 42.5 Å². The molecule has 5 heteroatoms. The Kier molecular flexibility index (Phi) is 3.94. The van der Waals surface area contributed by atoms with E-state index < -0.39 is 6.10 Å². The molecule has 1 atom stereocenters. The number of halogens is 1. The van der Waals surface area contributed by atoms with E-state index in [1.165, 1.54) is 0 Å². The molecule has 1 unspecified atom stereocenters. The van der Waals surface area contributed by atoms with Crippen molar-refractivity contribution in [2.24, 2.45) is 0 Å². The summed E-state index contributed by atoms with van der Waals surface area (Å²) in [7, 11) is 3.88. The molecule has 4 nitrogen and oxygen atoms in total. The van der Waals surface area contributed by atoms with E-state index in [4.69, 9.17) is 16.3 Å². The van der Waals surface area contributed by atoms with Crippen LogP contribution in [0.2, 0.25) is 5.02 Å². The predicted octanol–water partition coefficient (Wildman–Crippen LogP) is 3.35. The number of carbonyl (C=O) groups excluding carboxylic acids is 1.